The number of piperazine rings is 1. The number of benzene rings is 3. The molecule has 1 aliphatic carbocycles. The minimum Gasteiger partial charge on any atom is -0.489 e. The number of aliphatic hydroxyl groups is 1. The average Bonchev–Trinajstić information content (AvgIpc) is 3.73. The summed E-state index contributed by atoms with van der Waals surface area (Å²) < 4.78 is 57.1. The standard InChI is InChI=1S/C53H64FN9O9S/c1-32(2)38-8-6-7-9-39(38)45-28-60(51(65)33(3)4)20-21-62(45)61-30-53(31-61)16-18-59(19-17-53)35-10-11-40(46(22-35)72-36-23-41-42(54)27-56-49(41)55-26-36)50(64)58-73(69,70)37-24-44(63(67)68)48-47(25-37)71-29-43(57-48)34-12-14-52(5,66)15-13-34/h6-11,22-27,32-34,43,45,57,66H,12-21,28-31H2,1-5H3,(H,55,56)(H,58,64)/t34-,43-,45+,52-/m1/s1. The summed E-state index contributed by atoms with van der Waals surface area (Å²) in [5.74, 6) is -1.08. The maximum absolute atomic E-state index is 14.7. The van der Waals surface area contributed by atoms with Crippen molar-refractivity contribution in [2.75, 3.05) is 62.6 Å². The number of hydrogen-bond donors (Lipinski definition) is 4. The Labute approximate surface area is 424 Å². The van der Waals surface area contributed by atoms with Gasteiger partial charge in [0.1, 0.15) is 29.6 Å². The zero-order chi connectivity index (χ0) is 51.6. The van der Waals surface area contributed by atoms with Gasteiger partial charge in [0, 0.05) is 87.2 Å². The highest BCUT2D eigenvalue weighted by Gasteiger charge is 2.49. The molecule has 2 amide bonds. The van der Waals surface area contributed by atoms with Crippen LogP contribution < -0.4 is 24.4 Å². The number of amides is 2. The number of carbonyl (C=O) groups excluding carboxylic acids is 2. The molecule has 2 aromatic heterocycles. The van der Waals surface area contributed by atoms with E-state index in [0.29, 0.717) is 57.8 Å². The number of nitro benzene ring substituents is 1. The van der Waals surface area contributed by atoms with Crippen LogP contribution in [0.2, 0.25) is 0 Å². The Hall–Kier alpha value is -6.35. The van der Waals surface area contributed by atoms with Gasteiger partial charge in [-0.25, -0.2) is 32.5 Å². The van der Waals surface area contributed by atoms with E-state index in [0.717, 1.165) is 50.3 Å². The summed E-state index contributed by atoms with van der Waals surface area (Å²) in [7, 11) is -4.75. The third-order valence-corrected chi connectivity index (χ3v) is 17.1. The lowest BCUT2D eigenvalue weighted by Crippen LogP contribution is -2.68. The van der Waals surface area contributed by atoms with Crippen LogP contribution in [0.15, 0.2) is 78.0 Å². The summed E-state index contributed by atoms with van der Waals surface area (Å²) in [6.07, 6.45) is 6.85. The third-order valence-electron chi connectivity index (χ3n) is 15.8. The lowest BCUT2D eigenvalue weighted by atomic mass is 9.72. The molecule has 1 spiro atoms. The number of carbonyl (C=O) groups is 2. The largest absolute Gasteiger partial charge is 0.489 e. The number of pyridine rings is 1. The second-order valence-electron chi connectivity index (χ2n) is 21.6. The molecule has 4 N–H and O–H groups in total. The number of hydrogen-bond acceptors (Lipinski definition) is 14. The molecule has 0 unspecified atom stereocenters. The number of halogens is 1. The Balaban J connectivity index is 0.863. The summed E-state index contributed by atoms with van der Waals surface area (Å²) in [6, 6.07) is 16.7. The van der Waals surface area contributed by atoms with Gasteiger partial charge in [0.25, 0.3) is 21.6 Å². The van der Waals surface area contributed by atoms with Crippen molar-refractivity contribution in [2.24, 2.45) is 17.3 Å². The van der Waals surface area contributed by atoms with Crippen molar-refractivity contribution in [1.29, 1.82) is 0 Å². The summed E-state index contributed by atoms with van der Waals surface area (Å²) in [5, 5.41) is 31.2. The molecule has 0 radical (unpaired) electrons. The van der Waals surface area contributed by atoms with E-state index in [1.807, 2.05) is 18.7 Å². The maximum Gasteiger partial charge on any atom is 0.297 e. The van der Waals surface area contributed by atoms with Crippen LogP contribution in [-0.4, -0.2) is 119 Å². The Morgan fingerprint density at radius 1 is 1.00 bits per heavy atom. The Morgan fingerprint density at radius 2 is 1.74 bits per heavy atom. The molecule has 6 heterocycles. The first kappa shape index (κ1) is 50.2. The smallest absolute Gasteiger partial charge is 0.297 e. The number of anilines is 2. The second-order valence-corrected chi connectivity index (χ2v) is 23.3. The molecule has 73 heavy (non-hydrogen) atoms. The monoisotopic (exact) mass is 1020 g/mol. The topological polar surface area (TPSA) is 216 Å². The number of fused-ring (bicyclic) bond motifs is 2. The number of sulfonamides is 1. The number of hydrazine groups is 1. The van der Waals surface area contributed by atoms with Gasteiger partial charge in [-0.3, -0.25) is 19.7 Å². The molecule has 4 fully saturated rings. The van der Waals surface area contributed by atoms with Gasteiger partial charge in [-0.05, 0) is 86.6 Å². The first-order valence-corrected chi connectivity index (χ1v) is 26.9. The van der Waals surface area contributed by atoms with Crippen molar-refractivity contribution in [1.82, 2.24) is 29.6 Å². The first-order chi connectivity index (χ1) is 34.8. The lowest BCUT2D eigenvalue weighted by molar-refractivity contribution is -0.384. The summed E-state index contributed by atoms with van der Waals surface area (Å²) in [6.45, 7) is 15.4. The molecule has 388 valence electrons. The van der Waals surface area contributed by atoms with E-state index in [9.17, 15) is 37.6 Å². The molecule has 20 heteroatoms. The van der Waals surface area contributed by atoms with E-state index in [1.165, 1.54) is 35.7 Å². The van der Waals surface area contributed by atoms with Crippen molar-refractivity contribution < 1.29 is 41.9 Å². The maximum atomic E-state index is 14.7. The molecule has 1 saturated carbocycles. The molecular weight excluding hydrogens is 958 g/mol. The Bertz CT molecular complexity index is 3050. The lowest BCUT2D eigenvalue weighted by Gasteiger charge is -2.60. The molecule has 0 bridgehead atoms. The summed E-state index contributed by atoms with van der Waals surface area (Å²) in [4.78, 5) is 49.9. The molecule has 4 aliphatic heterocycles. The molecule has 3 saturated heterocycles. The molecule has 5 aliphatic rings. The van der Waals surface area contributed by atoms with Gasteiger partial charge in [0.05, 0.1) is 44.7 Å². The van der Waals surface area contributed by atoms with Crippen LogP contribution in [0, 0.1) is 33.2 Å². The van der Waals surface area contributed by atoms with E-state index in [-0.39, 0.29) is 81.4 Å². The Morgan fingerprint density at radius 3 is 2.45 bits per heavy atom. The second kappa shape index (κ2) is 19.5. The fourth-order valence-corrected chi connectivity index (χ4v) is 12.6. The van der Waals surface area contributed by atoms with Crippen LogP contribution in [0.25, 0.3) is 11.0 Å². The number of nitro groups is 1. The van der Waals surface area contributed by atoms with Gasteiger partial charge in [0.2, 0.25) is 5.91 Å². The number of aromatic nitrogens is 2. The molecule has 10 rings (SSSR count). The summed E-state index contributed by atoms with van der Waals surface area (Å²) >= 11 is 0. The fraction of sp³-hybridized carbons (Fsp3) is 0.491. The minimum atomic E-state index is -4.75. The van der Waals surface area contributed by atoms with Gasteiger partial charge in [-0.2, -0.15) is 0 Å². The average molecular weight is 1020 g/mol. The van der Waals surface area contributed by atoms with Crippen LogP contribution in [0.3, 0.4) is 0 Å². The van der Waals surface area contributed by atoms with Crippen LogP contribution in [0.1, 0.15) is 107 Å². The molecule has 5 aromatic rings. The zero-order valence-electron chi connectivity index (χ0n) is 41.9. The third kappa shape index (κ3) is 10.1. The van der Waals surface area contributed by atoms with Gasteiger partial charge in [-0.15, -0.1) is 0 Å². The van der Waals surface area contributed by atoms with E-state index in [2.05, 4.69) is 73.0 Å². The molecular formula is C53H64FN9O9S. The van der Waals surface area contributed by atoms with Crippen molar-refractivity contribution in [3.8, 4) is 17.2 Å². The predicted octanol–water partition coefficient (Wildman–Crippen LogP) is 8.12. The van der Waals surface area contributed by atoms with Gasteiger partial charge in [0.15, 0.2) is 11.4 Å². The minimum absolute atomic E-state index is 0.0144. The first-order valence-electron chi connectivity index (χ1n) is 25.4. The normalized spacial score (nSPS) is 23.4. The van der Waals surface area contributed by atoms with Crippen LogP contribution >= 0.6 is 0 Å². The molecule has 3 aromatic carbocycles. The molecule has 2 atom stereocenters. The van der Waals surface area contributed by atoms with Crippen LogP contribution in [-0.2, 0) is 14.8 Å². The van der Waals surface area contributed by atoms with Crippen LogP contribution in [0.4, 0.5) is 21.5 Å². The van der Waals surface area contributed by atoms with Crippen LogP contribution in [0.5, 0.6) is 17.2 Å². The zero-order valence-corrected chi connectivity index (χ0v) is 42.7. The summed E-state index contributed by atoms with van der Waals surface area (Å²) in [5.41, 5.74) is 2.22. The number of nitrogens with zero attached hydrogens (tertiary/aromatic N) is 6. The highest BCUT2D eigenvalue weighted by Crippen LogP contribution is 2.47. The van der Waals surface area contributed by atoms with E-state index in [4.69, 9.17) is 9.47 Å². The van der Waals surface area contributed by atoms with Crippen molar-refractivity contribution in [2.45, 2.75) is 102 Å². The van der Waals surface area contributed by atoms with Gasteiger partial charge in [-0.1, -0.05) is 52.0 Å². The molecule has 18 nitrogen and oxygen atoms in total. The van der Waals surface area contributed by atoms with E-state index in [1.54, 1.807) is 19.1 Å². The fourth-order valence-electron chi connectivity index (χ4n) is 11.6. The van der Waals surface area contributed by atoms with Crippen molar-refractivity contribution in [3.05, 3.63) is 106 Å². The number of piperidine rings is 1. The highest BCUT2D eigenvalue weighted by atomic mass is 32.2. The van der Waals surface area contributed by atoms with E-state index < -0.39 is 42.9 Å². The van der Waals surface area contributed by atoms with Crippen molar-refractivity contribution >= 4 is 49.9 Å². The van der Waals surface area contributed by atoms with Gasteiger partial charge < -0.3 is 34.7 Å². The predicted molar refractivity (Wildman–Crippen MR) is 273 cm³/mol. The van der Waals surface area contributed by atoms with Gasteiger partial charge >= 0.3 is 0 Å². The van der Waals surface area contributed by atoms with Crippen molar-refractivity contribution in [3.63, 3.8) is 0 Å². The quantitative estimate of drug-likeness (QED) is 0.0686. The number of ether oxygens (including phenoxy) is 2. The number of nitrogens with one attached hydrogen (secondary N) is 3. The Kier molecular flexibility index (Phi) is 13.4. The van der Waals surface area contributed by atoms with E-state index >= 15 is 0 Å². The SMILES string of the molecule is CC(C)C(=O)N1CCN(N2CC3(CCN(c4ccc(C(=O)NS(=O)(=O)c5cc6c(c([N+](=O)[O-])c5)N[C@@H]([C@H]5CC[C@](C)(O)CC5)CO6)c(Oc5cnc6[nH]cc(F)c6c5)c4)CC3)C2)[C@H](c2ccccc2C(C)C)C1. The number of aromatic amines is 1. The number of H-pyrrole nitrogens is 1. The highest BCUT2D eigenvalue weighted by molar-refractivity contribution is 7.90. The number of rotatable bonds is 12.